The van der Waals surface area contributed by atoms with Gasteiger partial charge in [-0.05, 0) is 35.0 Å². The van der Waals surface area contributed by atoms with Crippen LogP contribution in [-0.2, 0) is 0 Å². The SMILES string of the molecule is CC(=O)c1c[nH]c2c(Br)ccc(F)c12. The molecular weight excluding hydrogens is 249 g/mol. The van der Waals surface area contributed by atoms with Crippen LogP contribution in [0.3, 0.4) is 0 Å². The van der Waals surface area contributed by atoms with Crippen LogP contribution in [0.2, 0.25) is 0 Å². The second-order valence-electron chi connectivity index (χ2n) is 3.04. The number of carbonyl (C=O) groups excluding carboxylic acids is 1. The maximum atomic E-state index is 13.4. The Balaban J connectivity index is 2.90. The molecule has 0 saturated heterocycles. The van der Waals surface area contributed by atoms with E-state index in [2.05, 4.69) is 20.9 Å². The molecule has 14 heavy (non-hydrogen) atoms. The second-order valence-corrected chi connectivity index (χ2v) is 3.89. The Labute approximate surface area is 88.2 Å². The fourth-order valence-electron chi connectivity index (χ4n) is 1.45. The van der Waals surface area contributed by atoms with Crippen LogP contribution in [0, 0.1) is 5.82 Å². The summed E-state index contributed by atoms with van der Waals surface area (Å²) in [4.78, 5) is 14.1. The number of Topliss-reactive ketones (excluding diaryl/α,β-unsaturated/α-hetero) is 1. The normalized spacial score (nSPS) is 10.8. The molecule has 0 bridgehead atoms. The van der Waals surface area contributed by atoms with Crippen molar-refractivity contribution < 1.29 is 9.18 Å². The molecule has 0 aliphatic rings. The summed E-state index contributed by atoms with van der Waals surface area (Å²) < 4.78 is 14.2. The number of fused-ring (bicyclic) bond motifs is 1. The topological polar surface area (TPSA) is 32.9 Å². The van der Waals surface area contributed by atoms with E-state index >= 15 is 0 Å². The van der Waals surface area contributed by atoms with E-state index in [-0.39, 0.29) is 11.6 Å². The van der Waals surface area contributed by atoms with Gasteiger partial charge >= 0.3 is 0 Å². The molecule has 0 fully saturated rings. The van der Waals surface area contributed by atoms with E-state index in [0.29, 0.717) is 16.5 Å². The van der Waals surface area contributed by atoms with E-state index in [1.807, 2.05) is 0 Å². The number of benzene rings is 1. The van der Waals surface area contributed by atoms with Gasteiger partial charge in [0, 0.05) is 21.6 Å². The summed E-state index contributed by atoms with van der Waals surface area (Å²) in [6, 6.07) is 2.95. The Morgan fingerprint density at radius 2 is 2.21 bits per heavy atom. The van der Waals surface area contributed by atoms with Gasteiger partial charge in [0.2, 0.25) is 0 Å². The smallest absolute Gasteiger partial charge is 0.162 e. The van der Waals surface area contributed by atoms with Crippen molar-refractivity contribution in [1.82, 2.24) is 4.98 Å². The fraction of sp³-hybridized carbons (Fsp3) is 0.100. The number of aromatic nitrogens is 1. The monoisotopic (exact) mass is 255 g/mol. The van der Waals surface area contributed by atoms with Gasteiger partial charge in [-0.25, -0.2) is 4.39 Å². The molecule has 0 atom stereocenters. The molecule has 0 unspecified atom stereocenters. The van der Waals surface area contributed by atoms with E-state index in [1.165, 1.54) is 19.2 Å². The number of rotatable bonds is 1. The molecule has 72 valence electrons. The van der Waals surface area contributed by atoms with Gasteiger partial charge in [0.1, 0.15) is 5.82 Å². The molecule has 1 aromatic heterocycles. The van der Waals surface area contributed by atoms with Gasteiger partial charge in [-0.1, -0.05) is 0 Å². The Kier molecular flexibility index (Phi) is 2.15. The second kappa shape index (κ2) is 3.20. The maximum Gasteiger partial charge on any atom is 0.162 e. The van der Waals surface area contributed by atoms with Crippen molar-refractivity contribution in [3.63, 3.8) is 0 Å². The van der Waals surface area contributed by atoms with Crippen LogP contribution in [0.25, 0.3) is 10.9 Å². The highest BCUT2D eigenvalue weighted by Crippen LogP contribution is 2.28. The first-order chi connectivity index (χ1) is 6.61. The predicted molar refractivity (Wildman–Crippen MR) is 56.0 cm³/mol. The van der Waals surface area contributed by atoms with E-state index in [9.17, 15) is 9.18 Å². The van der Waals surface area contributed by atoms with Gasteiger partial charge in [0.05, 0.1) is 5.52 Å². The van der Waals surface area contributed by atoms with Crippen molar-refractivity contribution in [3.8, 4) is 0 Å². The van der Waals surface area contributed by atoms with E-state index < -0.39 is 0 Å². The van der Waals surface area contributed by atoms with Crippen molar-refractivity contribution in [2.24, 2.45) is 0 Å². The van der Waals surface area contributed by atoms with Gasteiger partial charge < -0.3 is 4.98 Å². The lowest BCUT2D eigenvalue weighted by Crippen LogP contribution is -1.90. The van der Waals surface area contributed by atoms with Gasteiger partial charge in [-0.3, -0.25) is 4.79 Å². The number of H-pyrrole nitrogens is 1. The van der Waals surface area contributed by atoms with Gasteiger partial charge in [-0.15, -0.1) is 0 Å². The molecule has 4 heteroatoms. The highest BCUT2D eigenvalue weighted by Gasteiger charge is 2.13. The van der Waals surface area contributed by atoms with Crippen molar-refractivity contribution >= 4 is 32.6 Å². The van der Waals surface area contributed by atoms with Crippen molar-refractivity contribution in [2.45, 2.75) is 6.92 Å². The van der Waals surface area contributed by atoms with Crippen molar-refractivity contribution in [2.75, 3.05) is 0 Å². The molecule has 0 radical (unpaired) electrons. The standard InChI is InChI=1S/C10H7BrFNO/c1-5(14)6-4-13-10-7(11)2-3-8(12)9(6)10/h2-4,13H,1H3. The average Bonchev–Trinajstić information content (AvgIpc) is 2.56. The lowest BCUT2D eigenvalue weighted by Gasteiger charge is -1.97. The Hall–Kier alpha value is -1.16. The minimum Gasteiger partial charge on any atom is -0.359 e. The minimum absolute atomic E-state index is 0.145. The largest absolute Gasteiger partial charge is 0.359 e. The fourth-order valence-corrected chi connectivity index (χ4v) is 1.90. The zero-order valence-electron chi connectivity index (χ0n) is 7.40. The van der Waals surface area contributed by atoms with Crippen LogP contribution in [0.5, 0.6) is 0 Å². The molecule has 0 aliphatic heterocycles. The molecule has 0 saturated carbocycles. The molecule has 1 N–H and O–H groups in total. The quantitative estimate of drug-likeness (QED) is 0.780. The summed E-state index contributed by atoms with van der Waals surface area (Å²) in [6.45, 7) is 1.42. The minimum atomic E-state index is -0.380. The number of hydrogen-bond acceptors (Lipinski definition) is 1. The number of hydrogen-bond donors (Lipinski definition) is 1. The van der Waals surface area contributed by atoms with Gasteiger partial charge in [0.25, 0.3) is 0 Å². The summed E-state index contributed by atoms with van der Waals surface area (Å²) in [7, 11) is 0. The molecular formula is C10H7BrFNO. The highest BCUT2D eigenvalue weighted by atomic mass is 79.9. The van der Waals surface area contributed by atoms with Crippen molar-refractivity contribution in [3.05, 3.63) is 34.2 Å². The van der Waals surface area contributed by atoms with E-state index in [1.54, 1.807) is 6.07 Å². The number of carbonyl (C=O) groups is 1. The summed E-state index contributed by atoms with van der Waals surface area (Å²) in [5.41, 5.74) is 1.01. The Morgan fingerprint density at radius 1 is 1.50 bits per heavy atom. The lowest BCUT2D eigenvalue weighted by atomic mass is 10.1. The van der Waals surface area contributed by atoms with Crippen LogP contribution < -0.4 is 0 Å². The zero-order chi connectivity index (χ0) is 10.3. The molecule has 1 heterocycles. The summed E-state index contributed by atoms with van der Waals surface area (Å²) in [6.07, 6.45) is 1.53. The molecule has 2 nitrogen and oxygen atoms in total. The molecule has 2 rings (SSSR count). The summed E-state index contributed by atoms with van der Waals surface area (Å²) in [5.74, 6) is -0.525. The molecule has 2 aromatic rings. The zero-order valence-corrected chi connectivity index (χ0v) is 8.98. The molecule has 0 amide bonds. The number of halogens is 2. The molecule has 0 aliphatic carbocycles. The average molecular weight is 256 g/mol. The maximum absolute atomic E-state index is 13.4. The van der Waals surface area contributed by atoms with Gasteiger partial charge in [-0.2, -0.15) is 0 Å². The van der Waals surface area contributed by atoms with Crippen LogP contribution in [0.15, 0.2) is 22.8 Å². The van der Waals surface area contributed by atoms with Crippen molar-refractivity contribution in [1.29, 1.82) is 0 Å². The third-order valence-electron chi connectivity index (χ3n) is 2.11. The van der Waals surface area contributed by atoms with Crippen LogP contribution in [0.1, 0.15) is 17.3 Å². The predicted octanol–water partition coefficient (Wildman–Crippen LogP) is 3.27. The number of aromatic amines is 1. The first kappa shape index (κ1) is 9.40. The third kappa shape index (κ3) is 1.26. The van der Waals surface area contributed by atoms with E-state index in [0.717, 1.165) is 4.47 Å². The number of nitrogens with one attached hydrogen (secondary N) is 1. The first-order valence-corrected chi connectivity index (χ1v) is 4.86. The van der Waals surface area contributed by atoms with Crippen LogP contribution in [-0.4, -0.2) is 10.8 Å². The lowest BCUT2D eigenvalue weighted by molar-refractivity contribution is 0.101. The molecule has 0 spiro atoms. The number of ketones is 1. The van der Waals surface area contributed by atoms with E-state index in [4.69, 9.17) is 0 Å². The highest BCUT2D eigenvalue weighted by molar-refractivity contribution is 9.10. The first-order valence-electron chi connectivity index (χ1n) is 4.07. The molecule has 1 aromatic carbocycles. The van der Waals surface area contributed by atoms with Crippen LogP contribution >= 0.6 is 15.9 Å². The third-order valence-corrected chi connectivity index (χ3v) is 2.77. The van der Waals surface area contributed by atoms with Gasteiger partial charge in [0.15, 0.2) is 5.78 Å². The summed E-state index contributed by atoms with van der Waals surface area (Å²) >= 11 is 3.28. The Morgan fingerprint density at radius 3 is 2.86 bits per heavy atom. The van der Waals surface area contributed by atoms with Crippen LogP contribution in [0.4, 0.5) is 4.39 Å². The Bertz CT molecular complexity index is 518. The summed E-state index contributed by atoms with van der Waals surface area (Å²) in [5, 5.41) is 0.354.